The number of carbonyl (C=O) groups is 1. The van der Waals surface area contributed by atoms with Crippen molar-refractivity contribution in [3.8, 4) is 5.69 Å². The number of carboxylic acids is 1. The van der Waals surface area contributed by atoms with E-state index >= 15 is 4.39 Å². The average molecular weight is 634 g/mol. The number of benzene rings is 2. The summed E-state index contributed by atoms with van der Waals surface area (Å²) >= 11 is 3.43. The first-order chi connectivity index (χ1) is 20.3. The number of piperazine rings is 1. The monoisotopic (exact) mass is 633 g/mol. The predicted octanol–water partition coefficient (Wildman–Crippen LogP) is 3.68. The van der Waals surface area contributed by atoms with Gasteiger partial charge in [-0.2, -0.15) is 5.10 Å². The molecule has 0 bridgehead atoms. The zero-order valence-electron chi connectivity index (χ0n) is 22.3. The number of carboxylic acid groups (broad SMARTS) is 1. The largest absolute Gasteiger partial charge is 0.477 e. The Morgan fingerprint density at radius 3 is 2.50 bits per heavy atom. The van der Waals surface area contributed by atoms with Crippen LogP contribution < -0.4 is 15.9 Å². The summed E-state index contributed by atoms with van der Waals surface area (Å²) in [5.41, 5.74) is 0.900. The Hall–Kier alpha value is -4.36. The van der Waals surface area contributed by atoms with E-state index in [9.17, 15) is 19.5 Å². The van der Waals surface area contributed by atoms with Gasteiger partial charge >= 0.3 is 5.97 Å². The summed E-state index contributed by atoms with van der Waals surface area (Å²) in [4.78, 5) is 48.9. The number of pyridine rings is 1. The van der Waals surface area contributed by atoms with Crippen molar-refractivity contribution in [1.29, 1.82) is 0 Å². The summed E-state index contributed by atoms with van der Waals surface area (Å²) in [5.74, 6) is -1.36. The quantitative estimate of drug-likeness (QED) is 0.290. The van der Waals surface area contributed by atoms with Gasteiger partial charge in [0.2, 0.25) is 5.43 Å². The van der Waals surface area contributed by atoms with Gasteiger partial charge in [0, 0.05) is 48.3 Å². The molecule has 1 saturated carbocycles. The minimum absolute atomic E-state index is 0.0782. The first-order valence-electron chi connectivity index (χ1n) is 13.6. The molecule has 42 heavy (non-hydrogen) atoms. The molecule has 1 aliphatic heterocycles. The number of hydrogen-bond donors (Lipinski definition) is 2. The summed E-state index contributed by atoms with van der Waals surface area (Å²) in [5, 5.41) is 14.3. The lowest BCUT2D eigenvalue weighted by Gasteiger charge is -2.36. The third-order valence-corrected chi connectivity index (χ3v) is 8.44. The molecule has 2 aromatic carbocycles. The Kier molecular flexibility index (Phi) is 6.43. The molecule has 0 spiro atoms. The highest BCUT2D eigenvalue weighted by Gasteiger charge is 2.29. The van der Waals surface area contributed by atoms with Crippen LogP contribution in [-0.4, -0.2) is 66.5 Å². The van der Waals surface area contributed by atoms with Gasteiger partial charge in [0.1, 0.15) is 22.6 Å². The summed E-state index contributed by atoms with van der Waals surface area (Å²) in [7, 11) is 0. The maximum absolute atomic E-state index is 15.4. The summed E-state index contributed by atoms with van der Waals surface area (Å²) in [6, 6.07) is 10.5. The number of aromatic amines is 1. The van der Waals surface area contributed by atoms with Crippen LogP contribution in [-0.2, 0) is 6.54 Å². The smallest absolute Gasteiger partial charge is 0.341 e. The molecule has 1 aliphatic carbocycles. The van der Waals surface area contributed by atoms with Crippen LogP contribution in [0.3, 0.4) is 0 Å². The van der Waals surface area contributed by atoms with Crippen molar-refractivity contribution < 1.29 is 14.3 Å². The SMILES string of the molecule is O=C(O)c1cn(C2CC2)c2cc(N3CCN(Cc4nc5c(cnn5-c5ccc(Br)cc5)c(=O)[nH]4)CC3)c(F)cc2c1=O. The molecule has 5 aromatic rings. The van der Waals surface area contributed by atoms with Crippen molar-refractivity contribution in [2.45, 2.75) is 25.4 Å². The van der Waals surface area contributed by atoms with Crippen LogP contribution in [0.15, 0.2) is 62.9 Å². The van der Waals surface area contributed by atoms with Gasteiger partial charge in [-0.15, -0.1) is 0 Å². The highest BCUT2D eigenvalue weighted by atomic mass is 79.9. The molecule has 2 fully saturated rings. The number of H-pyrrole nitrogens is 1. The van der Waals surface area contributed by atoms with Crippen LogP contribution in [0.25, 0.3) is 27.6 Å². The van der Waals surface area contributed by atoms with E-state index < -0.39 is 17.2 Å². The van der Waals surface area contributed by atoms with Crippen LogP contribution in [0, 0.1) is 5.82 Å². The van der Waals surface area contributed by atoms with E-state index in [0.717, 1.165) is 23.0 Å². The molecule has 4 heterocycles. The molecule has 1 saturated heterocycles. The molecule has 2 N–H and O–H groups in total. The number of hydrogen-bond acceptors (Lipinski definition) is 7. The number of fused-ring (bicyclic) bond motifs is 2. The summed E-state index contributed by atoms with van der Waals surface area (Å²) in [6.07, 6.45) is 4.66. The number of nitrogens with zero attached hydrogens (tertiary/aromatic N) is 6. The number of aromatic nitrogens is 5. The molecule has 7 rings (SSSR count). The third-order valence-electron chi connectivity index (χ3n) is 7.92. The van der Waals surface area contributed by atoms with Crippen molar-refractivity contribution in [2.24, 2.45) is 0 Å². The first-order valence-corrected chi connectivity index (χ1v) is 14.4. The summed E-state index contributed by atoms with van der Waals surface area (Å²) in [6.45, 7) is 2.64. The van der Waals surface area contributed by atoms with Gasteiger partial charge in [-0.25, -0.2) is 18.9 Å². The number of rotatable bonds is 6. The van der Waals surface area contributed by atoms with Crippen LogP contribution in [0.5, 0.6) is 0 Å². The molecule has 0 atom stereocenters. The van der Waals surface area contributed by atoms with Gasteiger partial charge in [0.25, 0.3) is 5.56 Å². The first kappa shape index (κ1) is 26.5. The number of aromatic carboxylic acids is 1. The average Bonchev–Trinajstić information content (AvgIpc) is 3.73. The second kappa shape index (κ2) is 10.2. The van der Waals surface area contributed by atoms with Crippen molar-refractivity contribution in [3.63, 3.8) is 0 Å². The van der Waals surface area contributed by atoms with Crippen molar-refractivity contribution >= 4 is 49.5 Å². The number of halogens is 2. The lowest BCUT2D eigenvalue weighted by atomic mass is 10.1. The highest BCUT2D eigenvalue weighted by Crippen LogP contribution is 2.38. The molecule has 2 aliphatic rings. The van der Waals surface area contributed by atoms with Crippen LogP contribution in [0.2, 0.25) is 0 Å². The molecule has 0 unspecified atom stereocenters. The van der Waals surface area contributed by atoms with E-state index in [1.54, 1.807) is 15.3 Å². The third kappa shape index (κ3) is 4.68. The van der Waals surface area contributed by atoms with Crippen molar-refractivity contribution in [1.82, 2.24) is 29.2 Å². The van der Waals surface area contributed by atoms with Crippen LogP contribution in [0.1, 0.15) is 35.1 Å². The van der Waals surface area contributed by atoms with Gasteiger partial charge in [-0.1, -0.05) is 15.9 Å². The molecule has 0 radical (unpaired) electrons. The fourth-order valence-corrected chi connectivity index (χ4v) is 5.84. The Morgan fingerprint density at radius 2 is 1.81 bits per heavy atom. The molecule has 3 aromatic heterocycles. The van der Waals surface area contributed by atoms with Gasteiger partial charge in [-0.05, 0) is 49.2 Å². The van der Waals surface area contributed by atoms with E-state index in [-0.39, 0.29) is 22.6 Å². The minimum Gasteiger partial charge on any atom is -0.477 e. The normalized spacial score (nSPS) is 16.0. The van der Waals surface area contributed by atoms with Crippen LogP contribution >= 0.6 is 15.9 Å². The lowest BCUT2D eigenvalue weighted by molar-refractivity contribution is 0.0695. The molecule has 214 valence electrons. The lowest BCUT2D eigenvalue weighted by Crippen LogP contribution is -2.46. The van der Waals surface area contributed by atoms with Gasteiger partial charge in [0.05, 0.1) is 29.6 Å². The van der Waals surface area contributed by atoms with E-state index in [1.807, 2.05) is 29.2 Å². The highest BCUT2D eigenvalue weighted by molar-refractivity contribution is 9.10. The molecular weight excluding hydrogens is 609 g/mol. The van der Waals surface area contributed by atoms with E-state index in [2.05, 4.69) is 30.9 Å². The van der Waals surface area contributed by atoms with Gasteiger partial charge < -0.3 is 19.6 Å². The molecular formula is C29H25BrFN7O4. The second-order valence-corrected chi connectivity index (χ2v) is 11.6. The van der Waals surface area contributed by atoms with Crippen molar-refractivity contribution in [3.05, 3.63) is 91.0 Å². The molecule has 13 heteroatoms. The topological polar surface area (TPSA) is 129 Å². The van der Waals surface area contributed by atoms with Gasteiger partial charge in [0.15, 0.2) is 5.65 Å². The van der Waals surface area contributed by atoms with E-state index in [1.165, 1.54) is 18.5 Å². The Morgan fingerprint density at radius 1 is 1.07 bits per heavy atom. The van der Waals surface area contributed by atoms with Crippen LogP contribution in [0.4, 0.5) is 10.1 Å². The number of nitrogens with one attached hydrogen (secondary N) is 1. The fraction of sp³-hybridized carbons (Fsp3) is 0.276. The molecule has 11 nitrogen and oxygen atoms in total. The summed E-state index contributed by atoms with van der Waals surface area (Å²) < 4.78 is 19.7. The fourth-order valence-electron chi connectivity index (χ4n) is 5.58. The minimum atomic E-state index is -1.32. The number of anilines is 1. The predicted molar refractivity (Wildman–Crippen MR) is 158 cm³/mol. The maximum Gasteiger partial charge on any atom is 0.341 e. The standard InChI is InChI=1S/C29H25BrFN7O4/c30-16-1-3-18(4-2-16)38-27-20(13-32-38)28(40)34-25(33-27)15-35-7-9-36(10-8-35)24-12-23-19(11-22(24)31)26(39)21(29(41)42)14-37(23)17-5-6-17/h1-4,11-14,17H,5-10,15H2,(H,41,42)(H,33,34,40). The Bertz CT molecular complexity index is 1990. The molecule has 0 amide bonds. The zero-order valence-corrected chi connectivity index (χ0v) is 23.8. The Labute approximate surface area is 245 Å². The Balaban J connectivity index is 1.12. The van der Waals surface area contributed by atoms with Gasteiger partial charge in [-0.3, -0.25) is 14.5 Å². The van der Waals surface area contributed by atoms with Crippen molar-refractivity contribution in [2.75, 3.05) is 31.1 Å². The van der Waals surface area contributed by atoms with E-state index in [4.69, 9.17) is 4.98 Å². The zero-order chi connectivity index (χ0) is 29.1. The second-order valence-electron chi connectivity index (χ2n) is 10.7. The van der Waals surface area contributed by atoms with E-state index in [0.29, 0.717) is 60.8 Å². The maximum atomic E-state index is 15.4.